The van der Waals surface area contributed by atoms with Crippen LogP contribution in [0.15, 0.2) is 17.9 Å². The maximum atomic E-state index is 4.47. The Labute approximate surface area is 144 Å². The molecule has 0 amide bonds. The van der Waals surface area contributed by atoms with Crippen LogP contribution in [0.4, 0.5) is 0 Å². The summed E-state index contributed by atoms with van der Waals surface area (Å²) in [6.07, 6.45) is 7.29. The normalized spacial score (nSPS) is 14.3. The second-order valence-electron chi connectivity index (χ2n) is 7.07. The molecule has 0 atom stereocenters. The highest BCUT2D eigenvalue weighted by Crippen LogP contribution is 2.42. The molecule has 4 aromatic heterocycles. The summed E-state index contributed by atoms with van der Waals surface area (Å²) in [6.45, 7) is 6.79. The molecule has 4 aromatic rings. The van der Waals surface area contributed by atoms with Crippen molar-refractivity contribution in [2.45, 2.75) is 46.0 Å². The molecule has 0 saturated heterocycles. The monoisotopic (exact) mass is 336 g/mol. The van der Waals surface area contributed by atoms with Gasteiger partial charge in [-0.3, -0.25) is 0 Å². The molecule has 4 nitrogen and oxygen atoms in total. The van der Waals surface area contributed by atoms with Gasteiger partial charge in [-0.05, 0) is 54.2 Å². The predicted molar refractivity (Wildman–Crippen MR) is 99.0 cm³/mol. The number of hydrogen-bond acceptors (Lipinski definition) is 3. The maximum Gasteiger partial charge on any atom is 0.158 e. The van der Waals surface area contributed by atoms with Crippen molar-refractivity contribution in [1.29, 1.82) is 0 Å². The van der Waals surface area contributed by atoms with Crippen molar-refractivity contribution in [3.63, 3.8) is 0 Å². The van der Waals surface area contributed by atoms with Gasteiger partial charge in [0.25, 0.3) is 0 Å². The molecule has 0 fully saturated rings. The zero-order valence-electron chi connectivity index (χ0n) is 14.2. The number of aromatic amines is 1. The van der Waals surface area contributed by atoms with E-state index in [1.165, 1.54) is 50.1 Å². The van der Waals surface area contributed by atoms with Crippen LogP contribution in [0, 0.1) is 6.92 Å². The van der Waals surface area contributed by atoms with Gasteiger partial charge in [0, 0.05) is 22.7 Å². The zero-order valence-corrected chi connectivity index (χ0v) is 15.0. The number of nitrogens with zero attached hydrogens (tertiary/aromatic N) is 3. The van der Waals surface area contributed by atoms with Crippen molar-refractivity contribution in [1.82, 2.24) is 19.6 Å². The van der Waals surface area contributed by atoms with E-state index in [4.69, 9.17) is 0 Å². The number of thiophene rings is 1. The van der Waals surface area contributed by atoms with Crippen molar-refractivity contribution in [2.75, 3.05) is 0 Å². The van der Waals surface area contributed by atoms with Crippen LogP contribution in [0.3, 0.4) is 0 Å². The number of pyridine rings is 1. The van der Waals surface area contributed by atoms with E-state index < -0.39 is 0 Å². The fourth-order valence-corrected chi connectivity index (χ4v) is 5.19. The zero-order chi connectivity index (χ0) is 16.4. The van der Waals surface area contributed by atoms with E-state index >= 15 is 0 Å². The van der Waals surface area contributed by atoms with Crippen LogP contribution in [0.1, 0.15) is 48.4 Å². The smallest absolute Gasteiger partial charge is 0.158 e. The van der Waals surface area contributed by atoms with Crippen molar-refractivity contribution in [3.8, 4) is 11.3 Å². The molecule has 122 valence electrons. The lowest BCUT2D eigenvalue weighted by Crippen LogP contribution is -2.00. The van der Waals surface area contributed by atoms with Gasteiger partial charge in [-0.15, -0.1) is 11.3 Å². The molecule has 5 heteroatoms. The molecule has 1 aliphatic carbocycles. The average molecular weight is 336 g/mol. The van der Waals surface area contributed by atoms with Gasteiger partial charge in [0.2, 0.25) is 0 Å². The minimum atomic E-state index is 0.477. The van der Waals surface area contributed by atoms with Crippen LogP contribution in [-0.2, 0) is 12.8 Å². The minimum absolute atomic E-state index is 0.477. The SMILES string of the molecule is Cc1csc2[nH]c(-c3cn4ncnc4c4c3CCC4)c(C(C)C)c12. The highest BCUT2D eigenvalue weighted by molar-refractivity contribution is 7.17. The number of aryl methyl sites for hydroxylation is 2. The molecule has 5 rings (SSSR count). The summed E-state index contributed by atoms with van der Waals surface area (Å²) in [4.78, 5) is 9.49. The lowest BCUT2D eigenvalue weighted by molar-refractivity contribution is 0.875. The molecule has 4 heterocycles. The molecule has 0 radical (unpaired) electrons. The number of fused-ring (bicyclic) bond motifs is 4. The van der Waals surface area contributed by atoms with Crippen LogP contribution in [-0.4, -0.2) is 19.6 Å². The molecule has 0 aliphatic heterocycles. The molecular formula is C19H20N4S. The summed E-state index contributed by atoms with van der Waals surface area (Å²) >= 11 is 1.81. The first-order valence-electron chi connectivity index (χ1n) is 8.59. The van der Waals surface area contributed by atoms with Crippen LogP contribution < -0.4 is 0 Å². The number of H-pyrrole nitrogens is 1. The Kier molecular flexibility index (Phi) is 2.92. The Bertz CT molecular complexity index is 1080. The van der Waals surface area contributed by atoms with E-state index in [9.17, 15) is 0 Å². The third-order valence-electron chi connectivity index (χ3n) is 5.24. The second kappa shape index (κ2) is 4.93. The summed E-state index contributed by atoms with van der Waals surface area (Å²) in [7, 11) is 0. The highest BCUT2D eigenvalue weighted by atomic mass is 32.1. The van der Waals surface area contributed by atoms with Gasteiger partial charge >= 0.3 is 0 Å². The lowest BCUT2D eigenvalue weighted by atomic mass is 9.93. The molecule has 1 N–H and O–H groups in total. The van der Waals surface area contributed by atoms with Crippen LogP contribution in [0.5, 0.6) is 0 Å². The topological polar surface area (TPSA) is 46.0 Å². The first kappa shape index (κ1) is 14.2. The maximum absolute atomic E-state index is 4.47. The van der Waals surface area contributed by atoms with Crippen LogP contribution >= 0.6 is 11.3 Å². The van der Waals surface area contributed by atoms with Gasteiger partial charge in [-0.2, -0.15) is 5.10 Å². The average Bonchev–Trinajstić information content (AvgIpc) is 3.29. The molecule has 0 spiro atoms. The van der Waals surface area contributed by atoms with Crippen molar-refractivity contribution in [3.05, 3.63) is 40.2 Å². The van der Waals surface area contributed by atoms with Crippen molar-refractivity contribution >= 4 is 27.2 Å². The standard InChI is InChI=1S/C19H20N4S/c1-10(2)15-16-11(3)8-24-19(16)22-17(15)14-7-23-18(20-9-21-23)13-6-4-5-12(13)14/h7-10,22H,4-6H2,1-3H3. The summed E-state index contributed by atoms with van der Waals surface area (Å²) in [5.74, 6) is 0.477. The van der Waals surface area contributed by atoms with Gasteiger partial charge in [0.1, 0.15) is 11.2 Å². The number of hydrogen-bond donors (Lipinski definition) is 1. The molecular weight excluding hydrogens is 316 g/mol. The molecule has 0 unspecified atom stereocenters. The molecule has 0 aromatic carbocycles. The number of rotatable bonds is 2. The fraction of sp³-hybridized carbons (Fsp3) is 0.368. The summed E-state index contributed by atoms with van der Waals surface area (Å²) in [5.41, 5.74) is 9.29. The lowest BCUT2D eigenvalue weighted by Gasteiger charge is -2.13. The van der Waals surface area contributed by atoms with E-state index in [1.54, 1.807) is 6.33 Å². The number of aromatic nitrogens is 4. The number of nitrogens with one attached hydrogen (secondary N) is 1. The Hall–Kier alpha value is -2.14. The van der Waals surface area contributed by atoms with Gasteiger partial charge in [0.05, 0.1) is 5.69 Å². The first-order valence-corrected chi connectivity index (χ1v) is 9.47. The Morgan fingerprint density at radius 3 is 2.92 bits per heavy atom. The third kappa shape index (κ3) is 1.79. The minimum Gasteiger partial charge on any atom is -0.346 e. The molecule has 0 bridgehead atoms. The predicted octanol–water partition coefficient (Wildman–Crippen LogP) is 4.86. The summed E-state index contributed by atoms with van der Waals surface area (Å²) < 4.78 is 1.95. The first-order chi connectivity index (χ1) is 11.6. The Morgan fingerprint density at radius 2 is 2.08 bits per heavy atom. The van der Waals surface area contributed by atoms with Gasteiger partial charge in [-0.25, -0.2) is 9.50 Å². The van der Waals surface area contributed by atoms with E-state index in [1.807, 2.05) is 15.9 Å². The van der Waals surface area contributed by atoms with E-state index in [0.717, 1.165) is 18.5 Å². The fourth-order valence-electron chi connectivity index (χ4n) is 4.23. The van der Waals surface area contributed by atoms with Gasteiger partial charge < -0.3 is 4.98 Å². The van der Waals surface area contributed by atoms with E-state index in [-0.39, 0.29) is 0 Å². The Morgan fingerprint density at radius 1 is 1.25 bits per heavy atom. The largest absolute Gasteiger partial charge is 0.346 e. The van der Waals surface area contributed by atoms with E-state index in [0.29, 0.717) is 5.92 Å². The molecule has 1 aliphatic rings. The van der Waals surface area contributed by atoms with E-state index in [2.05, 4.69) is 47.4 Å². The van der Waals surface area contributed by atoms with Gasteiger partial charge in [0.15, 0.2) is 5.65 Å². The van der Waals surface area contributed by atoms with Crippen LogP contribution in [0.25, 0.3) is 27.1 Å². The summed E-state index contributed by atoms with van der Waals surface area (Å²) in [6, 6.07) is 0. The second-order valence-corrected chi connectivity index (χ2v) is 7.95. The molecule has 24 heavy (non-hydrogen) atoms. The highest BCUT2D eigenvalue weighted by Gasteiger charge is 2.25. The molecule has 0 saturated carbocycles. The van der Waals surface area contributed by atoms with Gasteiger partial charge in [-0.1, -0.05) is 13.8 Å². The Balaban J connectivity index is 1.88. The van der Waals surface area contributed by atoms with Crippen molar-refractivity contribution in [2.24, 2.45) is 0 Å². The summed E-state index contributed by atoms with van der Waals surface area (Å²) in [5, 5.41) is 8.07. The third-order valence-corrected chi connectivity index (χ3v) is 6.25. The quantitative estimate of drug-likeness (QED) is 0.568. The van der Waals surface area contributed by atoms with Crippen molar-refractivity contribution < 1.29 is 0 Å². The van der Waals surface area contributed by atoms with Crippen LogP contribution in [0.2, 0.25) is 0 Å².